The number of benzene rings is 2. The molecule has 2 aromatic heterocycles. The van der Waals surface area contributed by atoms with Crippen LogP contribution in [0.3, 0.4) is 0 Å². The summed E-state index contributed by atoms with van der Waals surface area (Å²) in [6.45, 7) is 2.73. The molecule has 0 radical (unpaired) electrons. The first kappa shape index (κ1) is 18.8. The van der Waals surface area contributed by atoms with Crippen LogP contribution in [-0.4, -0.2) is 31.3 Å². The summed E-state index contributed by atoms with van der Waals surface area (Å²) in [5.41, 5.74) is 5.12. The molecule has 154 valence electrons. The van der Waals surface area contributed by atoms with E-state index in [-0.39, 0.29) is 5.75 Å². The molecule has 2 heterocycles. The third-order valence-electron chi connectivity index (χ3n) is 5.96. The fourth-order valence-corrected chi connectivity index (χ4v) is 3.97. The summed E-state index contributed by atoms with van der Waals surface area (Å²) >= 11 is 0. The second kappa shape index (κ2) is 7.57. The fourth-order valence-electron chi connectivity index (χ4n) is 3.97. The van der Waals surface area contributed by atoms with Crippen LogP contribution in [0.25, 0.3) is 33.5 Å². The van der Waals surface area contributed by atoms with Crippen LogP contribution in [0, 0.1) is 5.82 Å². The average molecular weight is 405 g/mol. The number of aryl methyl sites for hydroxylation is 1. The van der Waals surface area contributed by atoms with Crippen LogP contribution >= 0.6 is 0 Å². The molecule has 4 N–H and O–H groups in total. The number of halogens is 1. The molecule has 1 fully saturated rings. The van der Waals surface area contributed by atoms with E-state index in [1.165, 1.54) is 31.4 Å². The minimum absolute atomic E-state index is 0.319. The molecule has 1 saturated carbocycles. The van der Waals surface area contributed by atoms with Crippen molar-refractivity contribution in [2.75, 3.05) is 0 Å². The predicted molar refractivity (Wildman–Crippen MR) is 115 cm³/mol. The van der Waals surface area contributed by atoms with Crippen molar-refractivity contribution in [2.24, 2.45) is 0 Å². The van der Waals surface area contributed by atoms with E-state index in [4.69, 9.17) is 0 Å². The summed E-state index contributed by atoms with van der Waals surface area (Å²) in [6.07, 6.45) is 6.41. The van der Waals surface area contributed by atoms with Crippen molar-refractivity contribution in [3.8, 4) is 28.4 Å². The second-order valence-electron chi connectivity index (χ2n) is 7.90. The van der Waals surface area contributed by atoms with Crippen molar-refractivity contribution >= 4 is 10.9 Å². The highest BCUT2D eigenvalue weighted by atomic mass is 19.1. The standard InChI is InChI=1S/C23H24FN5O/c1-2-13-9-21(30)19(24)10-18(13)14-6-7-17-20(8-14)28-29-22(17)23-26-12-16(27-23)11-25-15-4-3-5-15/h6-10,12,15,25,30H,2-5,11H2,1H3,(H,26,27)(H,28,29). The predicted octanol–water partition coefficient (Wildman–Crippen LogP) is 4.67. The summed E-state index contributed by atoms with van der Waals surface area (Å²) in [6, 6.07) is 9.39. The van der Waals surface area contributed by atoms with E-state index in [0.717, 1.165) is 51.4 Å². The normalized spacial score (nSPS) is 14.3. The molecule has 6 nitrogen and oxygen atoms in total. The molecule has 2 aromatic carbocycles. The lowest BCUT2D eigenvalue weighted by Crippen LogP contribution is -2.34. The average Bonchev–Trinajstić information content (AvgIpc) is 3.34. The lowest BCUT2D eigenvalue weighted by Gasteiger charge is -2.26. The number of nitrogens with zero attached hydrogens (tertiary/aromatic N) is 2. The number of fused-ring (bicyclic) bond motifs is 1. The number of hydrogen-bond donors (Lipinski definition) is 4. The minimum atomic E-state index is -0.619. The third kappa shape index (κ3) is 3.35. The Morgan fingerprint density at radius 3 is 2.87 bits per heavy atom. The number of imidazole rings is 1. The van der Waals surface area contributed by atoms with Gasteiger partial charge in [-0.25, -0.2) is 9.37 Å². The van der Waals surface area contributed by atoms with Gasteiger partial charge in [0, 0.05) is 24.2 Å². The van der Waals surface area contributed by atoms with Gasteiger partial charge in [0.15, 0.2) is 17.4 Å². The molecule has 0 aliphatic heterocycles. The second-order valence-corrected chi connectivity index (χ2v) is 7.90. The monoisotopic (exact) mass is 405 g/mol. The Kier molecular flexibility index (Phi) is 4.75. The molecule has 1 aliphatic rings. The summed E-state index contributed by atoms with van der Waals surface area (Å²) in [7, 11) is 0. The number of aromatic hydroxyl groups is 1. The van der Waals surface area contributed by atoms with Crippen molar-refractivity contribution in [1.82, 2.24) is 25.5 Å². The van der Waals surface area contributed by atoms with Crippen LogP contribution in [0.15, 0.2) is 36.5 Å². The Morgan fingerprint density at radius 1 is 1.23 bits per heavy atom. The number of aromatic amines is 2. The van der Waals surface area contributed by atoms with Crippen LogP contribution in [0.4, 0.5) is 4.39 Å². The summed E-state index contributed by atoms with van der Waals surface area (Å²) in [4.78, 5) is 7.91. The van der Waals surface area contributed by atoms with Crippen LogP contribution in [0.2, 0.25) is 0 Å². The molecule has 0 unspecified atom stereocenters. The molecule has 0 atom stereocenters. The van der Waals surface area contributed by atoms with E-state index in [9.17, 15) is 9.50 Å². The maximum atomic E-state index is 14.0. The van der Waals surface area contributed by atoms with Gasteiger partial charge in [0.2, 0.25) is 0 Å². The zero-order valence-corrected chi connectivity index (χ0v) is 16.8. The topological polar surface area (TPSA) is 89.6 Å². The minimum Gasteiger partial charge on any atom is -0.505 e. The van der Waals surface area contributed by atoms with Crippen LogP contribution in [-0.2, 0) is 13.0 Å². The lowest BCUT2D eigenvalue weighted by atomic mass is 9.93. The molecule has 7 heteroatoms. The van der Waals surface area contributed by atoms with E-state index >= 15 is 0 Å². The Hall–Kier alpha value is -3.19. The summed E-state index contributed by atoms with van der Waals surface area (Å²) in [5, 5.41) is 21.7. The first-order valence-electron chi connectivity index (χ1n) is 10.4. The third-order valence-corrected chi connectivity index (χ3v) is 5.96. The van der Waals surface area contributed by atoms with E-state index < -0.39 is 5.82 Å². The van der Waals surface area contributed by atoms with E-state index in [0.29, 0.717) is 12.5 Å². The van der Waals surface area contributed by atoms with Gasteiger partial charge < -0.3 is 15.4 Å². The number of phenols is 1. The van der Waals surface area contributed by atoms with E-state index in [2.05, 4.69) is 25.5 Å². The van der Waals surface area contributed by atoms with Gasteiger partial charge in [-0.05, 0) is 60.2 Å². The smallest absolute Gasteiger partial charge is 0.165 e. The first-order chi connectivity index (χ1) is 14.6. The summed E-state index contributed by atoms with van der Waals surface area (Å²) < 4.78 is 14.0. The number of phenolic OH excluding ortho intramolecular Hbond substituents is 1. The fraction of sp³-hybridized carbons (Fsp3) is 0.304. The highest BCUT2D eigenvalue weighted by Crippen LogP contribution is 2.33. The van der Waals surface area contributed by atoms with Gasteiger partial charge in [0.05, 0.1) is 11.2 Å². The zero-order valence-electron chi connectivity index (χ0n) is 16.8. The largest absolute Gasteiger partial charge is 0.505 e. The van der Waals surface area contributed by atoms with Crippen molar-refractivity contribution in [3.05, 3.63) is 53.6 Å². The molecular weight excluding hydrogens is 381 g/mol. The molecule has 30 heavy (non-hydrogen) atoms. The van der Waals surface area contributed by atoms with Crippen LogP contribution in [0.5, 0.6) is 5.75 Å². The zero-order chi connectivity index (χ0) is 20.7. The van der Waals surface area contributed by atoms with Crippen molar-refractivity contribution in [2.45, 2.75) is 45.2 Å². The van der Waals surface area contributed by atoms with Crippen LogP contribution in [0.1, 0.15) is 37.4 Å². The lowest BCUT2D eigenvalue weighted by molar-refractivity contribution is 0.337. The van der Waals surface area contributed by atoms with E-state index in [1.54, 1.807) is 0 Å². The van der Waals surface area contributed by atoms with E-state index in [1.807, 2.05) is 31.3 Å². The molecule has 5 rings (SSSR count). The molecular formula is C23H24FN5O. The number of hydrogen-bond acceptors (Lipinski definition) is 4. The highest BCUT2D eigenvalue weighted by molar-refractivity contribution is 5.94. The molecule has 4 aromatic rings. The van der Waals surface area contributed by atoms with Gasteiger partial charge in [-0.1, -0.05) is 19.4 Å². The number of aromatic nitrogens is 4. The SMILES string of the molecule is CCc1cc(O)c(F)cc1-c1ccc2c(-c3nc(CNC4CCC4)c[nH]3)n[nH]c2c1. The van der Waals surface area contributed by atoms with Crippen molar-refractivity contribution in [1.29, 1.82) is 0 Å². The van der Waals surface area contributed by atoms with Gasteiger partial charge in [-0.15, -0.1) is 0 Å². The molecule has 0 amide bonds. The van der Waals surface area contributed by atoms with Crippen molar-refractivity contribution in [3.63, 3.8) is 0 Å². The van der Waals surface area contributed by atoms with Gasteiger partial charge in [0.1, 0.15) is 5.69 Å². The molecule has 0 saturated heterocycles. The van der Waals surface area contributed by atoms with Gasteiger partial charge in [-0.3, -0.25) is 5.10 Å². The van der Waals surface area contributed by atoms with Gasteiger partial charge in [0.25, 0.3) is 0 Å². The Bertz CT molecular complexity index is 1210. The van der Waals surface area contributed by atoms with Gasteiger partial charge >= 0.3 is 0 Å². The Labute approximate surface area is 173 Å². The quantitative estimate of drug-likeness (QED) is 0.375. The number of H-pyrrole nitrogens is 2. The number of nitrogens with one attached hydrogen (secondary N) is 3. The molecule has 1 aliphatic carbocycles. The molecule has 0 spiro atoms. The number of rotatable bonds is 6. The Balaban J connectivity index is 1.45. The first-order valence-corrected chi connectivity index (χ1v) is 10.4. The highest BCUT2D eigenvalue weighted by Gasteiger charge is 2.18. The summed E-state index contributed by atoms with van der Waals surface area (Å²) in [5.74, 6) is -0.212. The molecule has 0 bridgehead atoms. The maximum Gasteiger partial charge on any atom is 0.165 e. The maximum absolute atomic E-state index is 14.0. The Morgan fingerprint density at radius 2 is 2.10 bits per heavy atom. The van der Waals surface area contributed by atoms with Crippen molar-refractivity contribution < 1.29 is 9.50 Å². The van der Waals surface area contributed by atoms with Crippen LogP contribution < -0.4 is 5.32 Å². The van der Waals surface area contributed by atoms with Gasteiger partial charge in [-0.2, -0.15) is 5.10 Å².